The Kier molecular flexibility index (Phi) is 3.90. The molecule has 0 spiro atoms. The van der Waals surface area contributed by atoms with Crippen LogP contribution in [0.25, 0.3) is 0 Å². The molecule has 0 aliphatic carbocycles. The molecule has 2 N–H and O–H groups in total. The molecule has 0 aromatic carbocycles. The first-order chi connectivity index (χ1) is 9.56. The number of ketones is 1. The molecule has 0 fully saturated rings. The van der Waals surface area contributed by atoms with Crippen LogP contribution >= 0.6 is 0 Å². The van der Waals surface area contributed by atoms with E-state index in [1.54, 1.807) is 18.6 Å². The number of nitrogens with zero attached hydrogens (tertiary/aromatic N) is 3. The van der Waals surface area contributed by atoms with Crippen LogP contribution in [0, 0.1) is 0 Å². The van der Waals surface area contributed by atoms with Crippen molar-refractivity contribution in [2.24, 2.45) is 0 Å². The Balaban J connectivity index is 2.11. The molecular formula is C13H11N3O4. The number of carbonyl (C=O) groups excluding carboxylic acids is 1. The second-order valence-corrected chi connectivity index (χ2v) is 3.95. The minimum absolute atomic E-state index is 0.0619. The molecule has 102 valence electrons. The van der Waals surface area contributed by atoms with Gasteiger partial charge in [0.1, 0.15) is 5.69 Å². The van der Waals surface area contributed by atoms with Crippen molar-refractivity contribution in [1.82, 2.24) is 14.8 Å². The van der Waals surface area contributed by atoms with Crippen LogP contribution in [-0.2, 0) is 11.3 Å². The van der Waals surface area contributed by atoms with Gasteiger partial charge in [-0.3, -0.25) is 14.5 Å². The molecule has 0 unspecified atom stereocenters. The predicted molar refractivity (Wildman–Crippen MR) is 68.2 cm³/mol. The van der Waals surface area contributed by atoms with E-state index in [1.807, 2.05) is 12.1 Å². The van der Waals surface area contributed by atoms with E-state index in [2.05, 4.69) is 10.1 Å². The maximum Gasteiger partial charge on any atom is 0.371 e. The Bertz CT molecular complexity index is 661. The van der Waals surface area contributed by atoms with Crippen LogP contribution in [0.15, 0.2) is 48.6 Å². The van der Waals surface area contributed by atoms with E-state index in [0.29, 0.717) is 12.6 Å². The number of carboxylic acid groups (broad SMARTS) is 1. The number of pyridine rings is 1. The Morgan fingerprint density at radius 3 is 2.55 bits per heavy atom. The lowest BCUT2D eigenvalue weighted by Gasteiger charge is -2.00. The molecule has 0 aliphatic heterocycles. The Labute approximate surface area is 113 Å². The number of aliphatic hydroxyl groups excluding tert-OH is 1. The molecule has 20 heavy (non-hydrogen) atoms. The maximum atomic E-state index is 11.6. The van der Waals surface area contributed by atoms with Crippen LogP contribution in [0.2, 0.25) is 0 Å². The van der Waals surface area contributed by atoms with Crippen molar-refractivity contribution in [3.63, 3.8) is 0 Å². The van der Waals surface area contributed by atoms with Gasteiger partial charge in [-0.15, -0.1) is 0 Å². The quantitative estimate of drug-likeness (QED) is 0.479. The zero-order valence-electron chi connectivity index (χ0n) is 10.3. The van der Waals surface area contributed by atoms with Gasteiger partial charge in [0, 0.05) is 24.7 Å². The standard InChI is InChI=1S/C13H11N3O4/c17-11(7-12(18)13(19)20)10-3-6-16(15-10)8-9-1-4-14-5-2-9/h1-7,18H,8H2,(H,19,20). The minimum Gasteiger partial charge on any atom is -0.502 e. The number of carboxylic acids is 1. The number of aromatic nitrogens is 3. The molecule has 2 heterocycles. The summed E-state index contributed by atoms with van der Waals surface area (Å²) in [7, 11) is 0. The lowest BCUT2D eigenvalue weighted by atomic mass is 10.2. The zero-order chi connectivity index (χ0) is 14.5. The van der Waals surface area contributed by atoms with Crippen LogP contribution < -0.4 is 0 Å². The van der Waals surface area contributed by atoms with Gasteiger partial charge in [-0.2, -0.15) is 5.10 Å². The molecule has 2 rings (SSSR count). The highest BCUT2D eigenvalue weighted by atomic mass is 16.4. The molecule has 0 radical (unpaired) electrons. The molecule has 2 aromatic rings. The first kappa shape index (κ1) is 13.5. The van der Waals surface area contributed by atoms with Crippen LogP contribution in [0.5, 0.6) is 0 Å². The second kappa shape index (κ2) is 5.79. The lowest BCUT2D eigenvalue weighted by molar-refractivity contribution is -0.135. The fraction of sp³-hybridized carbons (Fsp3) is 0.0769. The molecule has 7 nitrogen and oxygen atoms in total. The van der Waals surface area contributed by atoms with Crippen LogP contribution in [0.4, 0.5) is 0 Å². The normalized spacial score (nSPS) is 11.3. The van der Waals surface area contributed by atoms with Crippen molar-refractivity contribution in [3.8, 4) is 0 Å². The molecule has 0 bridgehead atoms. The Morgan fingerprint density at radius 2 is 1.90 bits per heavy atom. The summed E-state index contributed by atoms with van der Waals surface area (Å²) < 4.78 is 1.54. The summed E-state index contributed by atoms with van der Waals surface area (Å²) >= 11 is 0. The lowest BCUT2D eigenvalue weighted by Crippen LogP contribution is -2.06. The summed E-state index contributed by atoms with van der Waals surface area (Å²) in [4.78, 5) is 25.9. The molecule has 0 saturated carbocycles. The van der Waals surface area contributed by atoms with Crippen LogP contribution in [0.3, 0.4) is 0 Å². The van der Waals surface area contributed by atoms with E-state index in [9.17, 15) is 9.59 Å². The Morgan fingerprint density at radius 1 is 1.20 bits per heavy atom. The highest BCUT2D eigenvalue weighted by Gasteiger charge is 2.12. The third-order valence-electron chi connectivity index (χ3n) is 2.47. The number of aliphatic hydroxyl groups is 1. The fourth-order valence-electron chi connectivity index (χ4n) is 1.52. The van der Waals surface area contributed by atoms with Crippen molar-refractivity contribution in [3.05, 3.63) is 59.9 Å². The van der Waals surface area contributed by atoms with Gasteiger partial charge in [-0.1, -0.05) is 0 Å². The topological polar surface area (TPSA) is 105 Å². The van der Waals surface area contributed by atoms with E-state index in [1.165, 1.54) is 10.7 Å². The summed E-state index contributed by atoms with van der Waals surface area (Å²) in [5, 5.41) is 21.5. The fourth-order valence-corrected chi connectivity index (χ4v) is 1.52. The summed E-state index contributed by atoms with van der Waals surface area (Å²) in [5.74, 6) is -3.24. The first-order valence-corrected chi connectivity index (χ1v) is 5.67. The molecule has 7 heteroatoms. The molecular weight excluding hydrogens is 262 g/mol. The summed E-state index contributed by atoms with van der Waals surface area (Å²) in [6.45, 7) is 0.463. The predicted octanol–water partition coefficient (Wildman–Crippen LogP) is 1.04. The van der Waals surface area contributed by atoms with Crippen molar-refractivity contribution in [1.29, 1.82) is 0 Å². The average Bonchev–Trinajstić information content (AvgIpc) is 2.88. The number of allylic oxidation sites excluding steroid dienone is 1. The van der Waals surface area contributed by atoms with E-state index in [4.69, 9.17) is 10.2 Å². The van der Waals surface area contributed by atoms with Gasteiger partial charge in [0.25, 0.3) is 0 Å². The number of carbonyl (C=O) groups is 2. The third-order valence-corrected chi connectivity index (χ3v) is 2.47. The van der Waals surface area contributed by atoms with Gasteiger partial charge in [-0.05, 0) is 23.8 Å². The van der Waals surface area contributed by atoms with Crippen LogP contribution in [-0.4, -0.2) is 36.7 Å². The van der Waals surface area contributed by atoms with Gasteiger partial charge in [0.15, 0.2) is 0 Å². The summed E-state index contributed by atoms with van der Waals surface area (Å²) in [5.41, 5.74) is 1.03. The van der Waals surface area contributed by atoms with Gasteiger partial charge in [0.05, 0.1) is 6.54 Å². The highest BCUT2D eigenvalue weighted by molar-refractivity contribution is 6.06. The number of hydrogen-bond donors (Lipinski definition) is 2. The minimum atomic E-state index is -1.56. The van der Waals surface area contributed by atoms with E-state index in [0.717, 1.165) is 5.56 Å². The van der Waals surface area contributed by atoms with E-state index in [-0.39, 0.29) is 5.69 Å². The zero-order valence-corrected chi connectivity index (χ0v) is 10.3. The number of rotatable bonds is 5. The first-order valence-electron chi connectivity index (χ1n) is 5.67. The van der Waals surface area contributed by atoms with Crippen molar-refractivity contribution in [2.45, 2.75) is 6.54 Å². The molecule has 2 aromatic heterocycles. The Hall–Kier alpha value is -2.96. The molecule has 0 aliphatic rings. The average molecular weight is 273 g/mol. The third kappa shape index (κ3) is 3.29. The second-order valence-electron chi connectivity index (χ2n) is 3.95. The monoisotopic (exact) mass is 273 g/mol. The van der Waals surface area contributed by atoms with Gasteiger partial charge in [0.2, 0.25) is 11.5 Å². The largest absolute Gasteiger partial charge is 0.502 e. The number of aliphatic carboxylic acids is 1. The van der Waals surface area contributed by atoms with Crippen molar-refractivity contribution < 1.29 is 19.8 Å². The molecule has 0 saturated heterocycles. The van der Waals surface area contributed by atoms with Crippen molar-refractivity contribution in [2.75, 3.05) is 0 Å². The molecule has 0 amide bonds. The highest BCUT2D eigenvalue weighted by Crippen LogP contribution is 2.04. The maximum absolute atomic E-state index is 11.6. The van der Waals surface area contributed by atoms with E-state index >= 15 is 0 Å². The van der Waals surface area contributed by atoms with Gasteiger partial charge in [-0.25, -0.2) is 4.79 Å². The van der Waals surface area contributed by atoms with E-state index < -0.39 is 17.5 Å². The van der Waals surface area contributed by atoms with Crippen molar-refractivity contribution >= 4 is 11.8 Å². The molecule has 0 atom stereocenters. The van der Waals surface area contributed by atoms with Gasteiger partial charge >= 0.3 is 5.97 Å². The van der Waals surface area contributed by atoms with Gasteiger partial charge < -0.3 is 10.2 Å². The smallest absolute Gasteiger partial charge is 0.371 e. The van der Waals surface area contributed by atoms with Crippen LogP contribution in [0.1, 0.15) is 16.1 Å². The summed E-state index contributed by atoms with van der Waals surface area (Å²) in [6.07, 6.45) is 5.53. The number of hydrogen-bond acceptors (Lipinski definition) is 5. The summed E-state index contributed by atoms with van der Waals surface area (Å²) in [6, 6.07) is 5.09. The SMILES string of the molecule is O=C(O)C(O)=CC(=O)c1ccn(Cc2ccncc2)n1.